The molecule has 1 heterocycles. The van der Waals surface area contributed by atoms with Gasteiger partial charge < -0.3 is 20.9 Å². The standard InChI is InChI=1S/C8H11N3O4S/c9-5(12)3-15-2-1-10-7-6(8(13)14)11-4-16-7/h4,10H,1-3H2,(H2,9,12)(H,13,14). The maximum absolute atomic E-state index is 10.7. The first-order valence-corrected chi connectivity index (χ1v) is 5.26. The van der Waals surface area contributed by atoms with Gasteiger partial charge in [0.2, 0.25) is 5.91 Å². The number of primary amides is 1. The largest absolute Gasteiger partial charge is 0.476 e. The Morgan fingerprint density at radius 2 is 2.38 bits per heavy atom. The molecule has 0 aliphatic rings. The topological polar surface area (TPSA) is 115 Å². The van der Waals surface area contributed by atoms with Crippen molar-refractivity contribution in [2.75, 3.05) is 25.1 Å². The van der Waals surface area contributed by atoms with E-state index in [1.165, 1.54) is 16.8 Å². The molecule has 0 radical (unpaired) electrons. The van der Waals surface area contributed by atoms with Crippen LogP contribution < -0.4 is 11.1 Å². The lowest BCUT2D eigenvalue weighted by atomic mass is 10.4. The molecule has 1 amide bonds. The number of carboxylic acid groups (broad SMARTS) is 1. The van der Waals surface area contributed by atoms with E-state index in [4.69, 9.17) is 15.6 Å². The van der Waals surface area contributed by atoms with Gasteiger partial charge in [-0.15, -0.1) is 11.3 Å². The molecule has 1 aromatic rings. The molecule has 0 atom stereocenters. The van der Waals surface area contributed by atoms with Gasteiger partial charge in [0, 0.05) is 6.54 Å². The number of carbonyl (C=O) groups is 2. The number of hydrogen-bond donors (Lipinski definition) is 3. The van der Waals surface area contributed by atoms with Gasteiger partial charge in [0.25, 0.3) is 0 Å². The van der Waals surface area contributed by atoms with Gasteiger partial charge in [-0.05, 0) is 0 Å². The van der Waals surface area contributed by atoms with E-state index < -0.39 is 11.9 Å². The second-order valence-electron chi connectivity index (χ2n) is 2.78. The van der Waals surface area contributed by atoms with E-state index >= 15 is 0 Å². The molecule has 0 saturated carbocycles. The average Bonchev–Trinajstić information content (AvgIpc) is 2.65. The molecule has 4 N–H and O–H groups in total. The Morgan fingerprint density at radius 1 is 1.62 bits per heavy atom. The lowest BCUT2D eigenvalue weighted by Gasteiger charge is -2.04. The molecule has 0 aromatic carbocycles. The number of thiazole rings is 1. The van der Waals surface area contributed by atoms with Crippen molar-refractivity contribution in [1.29, 1.82) is 0 Å². The van der Waals surface area contributed by atoms with Crippen LogP contribution in [0, 0.1) is 0 Å². The molecular weight excluding hydrogens is 234 g/mol. The summed E-state index contributed by atoms with van der Waals surface area (Å²) in [5.74, 6) is -1.62. The summed E-state index contributed by atoms with van der Waals surface area (Å²) in [6.07, 6.45) is 0. The van der Waals surface area contributed by atoms with Crippen molar-refractivity contribution < 1.29 is 19.4 Å². The summed E-state index contributed by atoms with van der Waals surface area (Å²) in [6.45, 7) is 0.506. The number of hydrogen-bond acceptors (Lipinski definition) is 6. The quantitative estimate of drug-likeness (QED) is 0.571. The van der Waals surface area contributed by atoms with Gasteiger partial charge in [0.05, 0.1) is 12.1 Å². The molecule has 8 heteroatoms. The van der Waals surface area contributed by atoms with Gasteiger partial charge in [0.15, 0.2) is 5.69 Å². The Morgan fingerprint density at radius 3 is 3.00 bits per heavy atom. The Bertz CT molecular complexity index is 379. The van der Waals surface area contributed by atoms with Crippen molar-refractivity contribution >= 4 is 28.2 Å². The fraction of sp³-hybridized carbons (Fsp3) is 0.375. The van der Waals surface area contributed by atoms with Crippen molar-refractivity contribution in [1.82, 2.24) is 4.98 Å². The van der Waals surface area contributed by atoms with Gasteiger partial charge in [-0.2, -0.15) is 0 Å². The molecule has 0 aliphatic carbocycles. The number of nitrogens with one attached hydrogen (secondary N) is 1. The molecule has 16 heavy (non-hydrogen) atoms. The smallest absolute Gasteiger partial charge is 0.357 e. The van der Waals surface area contributed by atoms with Gasteiger partial charge in [0.1, 0.15) is 11.6 Å². The minimum atomic E-state index is -1.08. The van der Waals surface area contributed by atoms with E-state index in [1.54, 1.807) is 0 Å². The highest BCUT2D eigenvalue weighted by molar-refractivity contribution is 7.14. The first kappa shape index (κ1) is 12.4. The Balaban J connectivity index is 2.29. The van der Waals surface area contributed by atoms with Crippen LogP contribution in [-0.2, 0) is 9.53 Å². The lowest BCUT2D eigenvalue weighted by molar-refractivity contribution is -0.122. The number of nitrogens with zero attached hydrogens (tertiary/aromatic N) is 1. The van der Waals surface area contributed by atoms with Crippen LogP contribution in [-0.4, -0.2) is 41.7 Å². The van der Waals surface area contributed by atoms with Crippen molar-refractivity contribution in [3.05, 3.63) is 11.2 Å². The molecule has 0 saturated heterocycles. The SMILES string of the molecule is NC(=O)COCCNc1scnc1C(=O)O. The number of carboxylic acids is 1. The third-order valence-corrected chi connectivity index (χ3v) is 2.33. The summed E-state index contributed by atoms with van der Waals surface area (Å²) in [7, 11) is 0. The number of ether oxygens (including phenoxy) is 1. The number of nitrogens with two attached hydrogens (primary N) is 1. The second kappa shape index (κ2) is 6.03. The van der Waals surface area contributed by atoms with E-state index in [-0.39, 0.29) is 18.9 Å². The van der Waals surface area contributed by atoms with Crippen molar-refractivity contribution in [2.24, 2.45) is 5.73 Å². The highest BCUT2D eigenvalue weighted by Gasteiger charge is 2.12. The maximum Gasteiger partial charge on any atom is 0.357 e. The van der Waals surface area contributed by atoms with Gasteiger partial charge >= 0.3 is 5.97 Å². The first-order valence-electron chi connectivity index (χ1n) is 4.38. The number of aromatic nitrogens is 1. The van der Waals surface area contributed by atoms with Crippen LogP contribution in [0.15, 0.2) is 5.51 Å². The number of anilines is 1. The minimum absolute atomic E-state index is 0.0140. The fourth-order valence-corrected chi connectivity index (χ4v) is 1.63. The molecular formula is C8H11N3O4S. The predicted molar refractivity (Wildman–Crippen MR) is 57.6 cm³/mol. The fourth-order valence-electron chi connectivity index (χ4n) is 0.933. The summed E-state index contributed by atoms with van der Waals surface area (Å²) >= 11 is 1.19. The molecule has 0 unspecified atom stereocenters. The van der Waals surface area contributed by atoms with Crippen molar-refractivity contribution in [3.63, 3.8) is 0 Å². The number of carbonyl (C=O) groups excluding carboxylic acids is 1. The normalized spacial score (nSPS) is 10.0. The van der Waals surface area contributed by atoms with Crippen LogP contribution in [0.2, 0.25) is 0 Å². The molecule has 88 valence electrons. The Labute approximate surface area is 95.2 Å². The average molecular weight is 245 g/mol. The highest BCUT2D eigenvalue weighted by Crippen LogP contribution is 2.19. The first-order chi connectivity index (χ1) is 7.61. The molecule has 0 aliphatic heterocycles. The molecule has 7 nitrogen and oxygen atoms in total. The maximum atomic E-state index is 10.7. The molecule has 0 bridgehead atoms. The summed E-state index contributed by atoms with van der Waals surface area (Å²) in [5.41, 5.74) is 6.29. The minimum Gasteiger partial charge on any atom is -0.476 e. The molecule has 0 fully saturated rings. The van der Waals surface area contributed by atoms with E-state index in [2.05, 4.69) is 10.3 Å². The van der Waals surface area contributed by atoms with E-state index in [0.29, 0.717) is 11.5 Å². The molecule has 1 rings (SSSR count). The van der Waals surface area contributed by atoms with Crippen LogP contribution in [0.5, 0.6) is 0 Å². The van der Waals surface area contributed by atoms with Gasteiger partial charge in [-0.25, -0.2) is 9.78 Å². The molecule has 1 aromatic heterocycles. The van der Waals surface area contributed by atoms with Crippen molar-refractivity contribution in [2.45, 2.75) is 0 Å². The van der Waals surface area contributed by atoms with Crippen LogP contribution in [0.4, 0.5) is 5.00 Å². The molecule has 0 spiro atoms. The Kier molecular flexibility index (Phi) is 4.67. The number of amides is 1. The lowest BCUT2D eigenvalue weighted by Crippen LogP contribution is -2.20. The van der Waals surface area contributed by atoms with Gasteiger partial charge in [-0.3, -0.25) is 4.79 Å². The van der Waals surface area contributed by atoms with E-state index in [9.17, 15) is 9.59 Å². The van der Waals surface area contributed by atoms with Gasteiger partial charge in [-0.1, -0.05) is 0 Å². The zero-order chi connectivity index (χ0) is 12.0. The van der Waals surface area contributed by atoms with E-state index in [0.717, 1.165) is 0 Å². The van der Waals surface area contributed by atoms with Crippen LogP contribution >= 0.6 is 11.3 Å². The van der Waals surface area contributed by atoms with Crippen LogP contribution in [0.1, 0.15) is 10.5 Å². The van der Waals surface area contributed by atoms with Crippen molar-refractivity contribution in [3.8, 4) is 0 Å². The summed E-state index contributed by atoms with van der Waals surface area (Å²) < 4.78 is 4.89. The third kappa shape index (κ3) is 3.83. The highest BCUT2D eigenvalue weighted by atomic mass is 32.1. The van der Waals surface area contributed by atoms with Crippen LogP contribution in [0.3, 0.4) is 0 Å². The summed E-state index contributed by atoms with van der Waals surface area (Å²) in [6, 6.07) is 0. The summed E-state index contributed by atoms with van der Waals surface area (Å²) in [5, 5.41) is 12.1. The zero-order valence-electron chi connectivity index (χ0n) is 8.30. The van der Waals surface area contributed by atoms with E-state index in [1.807, 2.05) is 0 Å². The second-order valence-corrected chi connectivity index (χ2v) is 3.64. The monoisotopic (exact) mass is 245 g/mol. The van der Waals surface area contributed by atoms with Crippen LogP contribution in [0.25, 0.3) is 0 Å². The summed E-state index contributed by atoms with van der Waals surface area (Å²) in [4.78, 5) is 24.7. The predicted octanol–water partition coefficient (Wildman–Crippen LogP) is -0.245. The third-order valence-electron chi connectivity index (χ3n) is 1.55. The Hall–Kier alpha value is -1.67. The zero-order valence-corrected chi connectivity index (χ0v) is 9.12. The number of rotatable bonds is 7. The number of aromatic carboxylic acids is 1.